The molecule has 1 heteroatoms. The van der Waals surface area contributed by atoms with E-state index in [4.69, 9.17) is 0 Å². The summed E-state index contributed by atoms with van der Waals surface area (Å²) in [6, 6.07) is 81.6. The van der Waals surface area contributed by atoms with Crippen LogP contribution in [-0.4, -0.2) is 8.07 Å². The minimum absolute atomic E-state index is 1.25. The zero-order chi connectivity index (χ0) is 35.2. The number of hydrogen-bond acceptors (Lipinski definition) is 0. The highest BCUT2D eigenvalue weighted by Crippen LogP contribution is 2.38. The molecule has 0 aliphatic heterocycles. The summed E-state index contributed by atoms with van der Waals surface area (Å²) in [6.07, 6.45) is 0. The van der Waals surface area contributed by atoms with Crippen molar-refractivity contribution in [2.75, 3.05) is 0 Å². The fourth-order valence-electron chi connectivity index (χ4n) is 8.84. The zero-order valence-electron chi connectivity index (χ0n) is 29.3. The second-order valence-electron chi connectivity index (χ2n) is 14.0. The van der Waals surface area contributed by atoms with E-state index in [0.29, 0.717) is 0 Å². The Morgan fingerprint density at radius 2 is 0.528 bits per heavy atom. The van der Waals surface area contributed by atoms with Crippen LogP contribution in [0.3, 0.4) is 0 Å². The van der Waals surface area contributed by atoms with Crippen LogP contribution >= 0.6 is 0 Å². The van der Waals surface area contributed by atoms with Crippen molar-refractivity contribution in [1.29, 1.82) is 0 Å². The smallest absolute Gasteiger partial charge is 0.0623 e. The molecule has 0 bridgehead atoms. The molecule has 248 valence electrons. The summed E-state index contributed by atoms with van der Waals surface area (Å²) in [4.78, 5) is 0. The fraction of sp³-hybridized carbons (Fsp3) is 0. The van der Waals surface area contributed by atoms with E-state index in [1.54, 1.807) is 0 Å². The molecule has 0 spiro atoms. The Labute approximate surface area is 311 Å². The van der Waals surface area contributed by atoms with Crippen molar-refractivity contribution in [2.24, 2.45) is 0 Å². The molecule has 0 unspecified atom stereocenters. The van der Waals surface area contributed by atoms with Crippen LogP contribution in [0.25, 0.3) is 65.3 Å². The Morgan fingerprint density at radius 3 is 0.887 bits per heavy atom. The third kappa shape index (κ3) is 5.12. The molecule has 0 aromatic heterocycles. The molecule has 0 fully saturated rings. The van der Waals surface area contributed by atoms with Crippen LogP contribution in [0.5, 0.6) is 0 Å². The molecule has 0 radical (unpaired) electrons. The summed E-state index contributed by atoms with van der Waals surface area (Å²) >= 11 is 0. The quantitative estimate of drug-likeness (QED) is 0.0927. The van der Waals surface area contributed by atoms with Crippen molar-refractivity contribution in [3.8, 4) is 22.3 Å². The van der Waals surface area contributed by atoms with Crippen molar-refractivity contribution in [3.05, 3.63) is 218 Å². The molecule has 0 saturated heterocycles. The standard InChI is InChI=1S/C52H36Si/c1-3-23-43(24-4-1)53(44-25-5-2-6-26-44,45-27-15-21-41(35-45)51-47-29-11-7-17-37(47)33-38-18-8-12-30-48(38)51)46-28-16-22-42(36-46)52-49-31-13-9-19-39(49)34-40-20-10-14-32-50(40)52/h1-36H. The van der Waals surface area contributed by atoms with Gasteiger partial charge in [0.15, 0.2) is 8.07 Å². The molecule has 0 saturated carbocycles. The molecular formula is C52H36Si. The molecule has 10 aromatic carbocycles. The van der Waals surface area contributed by atoms with Crippen molar-refractivity contribution in [3.63, 3.8) is 0 Å². The molecule has 0 N–H and O–H groups in total. The van der Waals surface area contributed by atoms with Gasteiger partial charge in [0.25, 0.3) is 0 Å². The van der Waals surface area contributed by atoms with E-state index < -0.39 is 8.07 Å². The van der Waals surface area contributed by atoms with Gasteiger partial charge in [0.1, 0.15) is 0 Å². The Morgan fingerprint density at radius 1 is 0.226 bits per heavy atom. The van der Waals surface area contributed by atoms with E-state index in [0.717, 1.165) is 0 Å². The summed E-state index contributed by atoms with van der Waals surface area (Å²) < 4.78 is 0. The average molecular weight is 689 g/mol. The van der Waals surface area contributed by atoms with Gasteiger partial charge in [0.2, 0.25) is 0 Å². The summed E-state index contributed by atoms with van der Waals surface area (Å²) in [6.45, 7) is 0. The van der Waals surface area contributed by atoms with Gasteiger partial charge in [-0.15, -0.1) is 0 Å². The van der Waals surface area contributed by atoms with E-state index in [-0.39, 0.29) is 0 Å². The third-order valence-electron chi connectivity index (χ3n) is 11.1. The number of rotatable bonds is 6. The van der Waals surface area contributed by atoms with Crippen LogP contribution in [-0.2, 0) is 0 Å². The number of benzene rings is 10. The van der Waals surface area contributed by atoms with Crippen molar-refractivity contribution >= 4 is 71.9 Å². The lowest BCUT2D eigenvalue weighted by Crippen LogP contribution is -2.74. The van der Waals surface area contributed by atoms with E-state index >= 15 is 0 Å². The highest BCUT2D eigenvalue weighted by atomic mass is 28.3. The lowest BCUT2D eigenvalue weighted by molar-refractivity contribution is 1.65. The lowest BCUT2D eigenvalue weighted by Gasteiger charge is -2.35. The fourth-order valence-corrected chi connectivity index (χ4v) is 13.7. The second-order valence-corrected chi connectivity index (χ2v) is 17.8. The largest absolute Gasteiger partial charge is 0.179 e. The first kappa shape index (κ1) is 31.2. The SMILES string of the molecule is c1ccc([Si](c2ccccc2)(c2cccc(-c3c4ccccc4cc4ccccc34)c2)c2cccc(-c3c4ccccc4cc4ccccc34)c2)cc1. The first-order valence-electron chi connectivity index (χ1n) is 18.4. The van der Waals surface area contributed by atoms with Crippen LogP contribution in [0.2, 0.25) is 0 Å². The molecule has 0 amide bonds. The van der Waals surface area contributed by atoms with Crippen molar-refractivity contribution in [1.82, 2.24) is 0 Å². The van der Waals surface area contributed by atoms with Gasteiger partial charge in [-0.3, -0.25) is 0 Å². The van der Waals surface area contributed by atoms with Gasteiger partial charge in [0, 0.05) is 0 Å². The van der Waals surface area contributed by atoms with Crippen LogP contribution in [0.1, 0.15) is 0 Å². The molecule has 0 atom stereocenters. The Bertz CT molecular complexity index is 2630. The van der Waals surface area contributed by atoms with Gasteiger partial charge in [-0.25, -0.2) is 0 Å². The van der Waals surface area contributed by atoms with E-state index in [9.17, 15) is 0 Å². The van der Waals surface area contributed by atoms with E-state index in [2.05, 4.69) is 218 Å². The molecule has 0 heterocycles. The predicted molar refractivity (Wildman–Crippen MR) is 231 cm³/mol. The molecule has 10 rings (SSSR count). The normalized spacial score (nSPS) is 11.8. The van der Waals surface area contributed by atoms with Gasteiger partial charge in [-0.05, 0) is 98.2 Å². The van der Waals surface area contributed by atoms with Crippen LogP contribution in [0.15, 0.2) is 218 Å². The Hall–Kier alpha value is -6.54. The maximum atomic E-state index is 2.51. The van der Waals surface area contributed by atoms with Crippen LogP contribution in [0, 0.1) is 0 Å². The van der Waals surface area contributed by atoms with Gasteiger partial charge in [0.05, 0.1) is 0 Å². The molecule has 53 heavy (non-hydrogen) atoms. The summed E-state index contributed by atoms with van der Waals surface area (Å²) in [7, 11) is -2.90. The first-order chi connectivity index (χ1) is 26.3. The Kier molecular flexibility index (Phi) is 7.60. The highest BCUT2D eigenvalue weighted by Gasteiger charge is 2.41. The zero-order valence-corrected chi connectivity index (χ0v) is 30.3. The van der Waals surface area contributed by atoms with Crippen molar-refractivity contribution < 1.29 is 0 Å². The van der Waals surface area contributed by atoms with Gasteiger partial charge < -0.3 is 0 Å². The monoisotopic (exact) mass is 688 g/mol. The molecule has 0 aliphatic carbocycles. The number of fused-ring (bicyclic) bond motifs is 4. The van der Waals surface area contributed by atoms with Gasteiger partial charge in [-0.2, -0.15) is 0 Å². The maximum Gasteiger partial charge on any atom is 0.179 e. The second kappa shape index (κ2) is 12.9. The molecule has 10 aromatic rings. The topological polar surface area (TPSA) is 0 Å². The highest BCUT2D eigenvalue weighted by molar-refractivity contribution is 7.20. The van der Waals surface area contributed by atoms with Crippen molar-refractivity contribution in [2.45, 2.75) is 0 Å². The summed E-state index contributed by atoms with van der Waals surface area (Å²) in [5.74, 6) is 0. The van der Waals surface area contributed by atoms with Gasteiger partial charge in [-0.1, -0.05) is 206 Å². The van der Waals surface area contributed by atoms with E-state index in [1.165, 1.54) is 86.1 Å². The minimum atomic E-state index is -2.90. The molecular weight excluding hydrogens is 653 g/mol. The lowest BCUT2D eigenvalue weighted by atomic mass is 9.92. The maximum absolute atomic E-state index is 2.90. The summed E-state index contributed by atoms with van der Waals surface area (Å²) in [5, 5.41) is 15.6. The average Bonchev–Trinajstić information content (AvgIpc) is 3.23. The van der Waals surface area contributed by atoms with Gasteiger partial charge >= 0.3 is 0 Å². The molecule has 0 aliphatic rings. The molecule has 0 nitrogen and oxygen atoms in total. The van der Waals surface area contributed by atoms with Crippen LogP contribution < -0.4 is 20.7 Å². The number of hydrogen-bond donors (Lipinski definition) is 0. The van der Waals surface area contributed by atoms with E-state index in [1.807, 2.05) is 0 Å². The van der Waals surface area contributed by atoms with Crippen LogP contribution in [0.4, 0.5) is 0 Å². The first-order valence-corrected chi connectivity index (χ1v) is 20.4. The Balaban J connectivity index is 1.30. The predicted octanol–water partition coefficient (Wildman–Crippen LogP) is 11.0. The minimum Gasteiger partial charge on any atom is -0.0623 e. The summed E-state index contributed by atoms with van der Waals surface area (Å²) in [5.41, 5.74) is 5.08. The third-order valence-corrected chi connectivity index (χ3v) is 15.9.